The van der Waals surface area contributed by atoms with Crippen LogP contribution < -0.4 is 14.8 Å². The second-order valence-corrected chi connectivity index (χ2v) is 12.1. The number of alkyl halides is 1. The molecule has 47 heavy (non-hydrogen) atoms. The monoisotopic (exact) mass is 659 g/mol. The number of esters is 1. The highest BCUT2D eigenvalue weighted by Gasteiger charge is 2.23. The molecule has 8 nitrogen and oxygen atoms in total. The lowest BCUT2D eigenvalue weighted by Crippen LogP contribution is -2.29. The Kier molecular flexibility index (Phi) is 12.3. The molecule has 3 aromatic carbocycles. The number of ether oxygens (including phenoxy) is 1. The zero-order chi connectivity index (χ0) is 34.0. The van der Waals surface area contributed by atoms with Crippen LogP contribution in [0.4, 0.5) is 10.1 Å². The summed E-state index contributed by atoms with van der Waals surface area (Å²) in [5.74, 6) is 0.301. The summed E-state index contributed by atoms with van der Waals surface area (Å²) < 4.78 is 57.7. The second-order valence-electron chi connectivity index (χ2n) is 10.7. The van der Waals surface area contributed by atoms with Gasteiger partial charge in [0.1, 0.15) is 34.6 Å². The van der Waals surface area contributed by atoms with Crippen molar-refractivity contribution < 1.29 is 31.3 Å². The van der Waals surface area contributed by atoms with E-state index in [1.165, 1.54) is 24.3 Å². The van der Waals surface area contributed by atoms with E-state index >= 15 is 0 Å². The molecular weight excluding hydrogens is 618 g/mol. The lowest BCUT2D eigenvalue weighted by Gasteiger charge is -2.22. The zero-order valence-electron chi connectivity index (χ0n) is 27.2. The van der Waals surface area contributed by atoms with Crippen LogP contribution in [0.25, 0.3) is 33.4 Å². The van der Waals surface area contributed by atoms with Crippen LogP contribution in [0.2, 0.25) is 0 Å². The van der Waals surface area contributed by atoms with Crippen LogP contribution in [0.1, 0.15) is 44.5 Å². The van der Waals surface area contributed by atoms with E-state index in [1.54, 1.807) is 12.1 Å². The normalized spacial score (nSPS) is 11.2. The van der Waals surface area contributed by atoms with Gasteiger partial charge in [0.25, 0.3) is 0 Å². The summed E-state index contributed by atoms with van der Waals surface area (Å²) in [6.07, 6.45) is 0.187. The van der Waals surface area contributed by atoms with Crippen LogP contribution in [-0.2, 0) is 14.9 Å². The van der Waals surface area contributed by atoms with Gasteiger partial charge in [0.2, 0.25) is 5.36 Å². The van der Waals surface area contributed by atoms with Gasteiger partial charge >= 0.3 is 5.97 Å². The van der Waals surface area contributed by atoms with Gasteiger partial charge in [0.05, 0.1) is 29.8 Å². The topological polar surface area (TPSA) is 103 Å². The van der Waals surface area contributed by atoms with Gasteiger partial charge in [-0.15, -0.1) is 0 Å². The molecule has 0 fully saturated rings. The minimum absolute atomic E-state index is 0.0513. The van der Waals surface area contributed by atoms with Crippen molar-refractivity contribution in [1.82, 2.24) is 4.58 Å². The van der Waals surface area contributed by atoms with Gasteiger partial charge in [-0.1, -0.05) is 36.4 Å². The summed E-state index contributed by atoms with van der Waals surface area (Å²) in [5.41, 5.74) is 4.91. The first kappa shape index (κ1) is 35.3. The first-order chi connectivity index (χ1) is 22.7. The molecule has 2 aliphatic rings. The molecule has 0 spiro atoms. The van der Waals surface area contributed by atoms with E-state index in [4.69, 9.17) is 9.15 Å². The number of rotatable bonds is 11. The number of fused-ring (bicyclic) bond motifs is 2. The summed E-state index contributed by atoms with van der Waals surface area (Å²) in [6, 6.07) is 27.2. The van der Waals surface area contributed by atoms with Gasteiger partial charge in [0, 0.05) is 53.8 Å². The first-order valence-corrected chi connectivity index (χ1v) is 17.2. The third-order valence-corrected chi connectivity index (χ3v) is 8.75. The molecule has 3 aromatic rings. The van der Waals surface area contributed by atoms with Crippen LogP contribution in [0.3, 0.4) is 0 Å². The summed E-state index contributed by atoms with van der Waals surface area (Å²) in [4.78, 5) is 15.1. The number of carbonyl (C=O) groups is 1. The minimum Gasteiger partial charge on any atom is -0.744 e. The van der Waals surface area contributed by atoms with Gasteiger partial charge in [-0.2, -0.15) is 0 Å². The number of anilines is 1. The van der Waals surface area contributed by atoms with E-state index in [0.29, 0.717) is 5.56 Å². The van der Waals surface area contributed by atoms with Crippen molar-refractivity contribution in [1.29, 1.82) is 0 Å². The lowest BCUT2D eigenvalue weighted by molar-refractivity contribution is 0.0495. The molecule has 10 heteroatoms. The quantitative estimate of drug-likeness (QED) is 0.0496. The van der Waals surface area contributed by atoms with Crippen LogP contribution in [0.5, 0.6) is 0 Å². The number of carbonyl (C=O) groups excluding carboxylic acids is 1. The van der Waals surface area contributed by atoms with Crippen LogP contribution >= 0.6 is 0 Å². The first-order valence-electron chi connectivity index (χ1n) is 15.8. The van der Waals surface area contributed by atoms with Gasteiger partial charge < -0.3 is 18.6 Å². The Labute approximate surface area is 275 Å². The summed E-state index contributed by atoms with van der Waals surface area (Å²) in [5, 5.41) is 2.01. The number of nitrogens with zero attached hydrogens (tertiary/aromatic N) is 2. The molecule has 0 aromatic heterocycles. The van der Waals surface area contributed by atoms with E-state index in [-0.39, 0.29) is 17.9 Å². The maximum Gasteiger partial charge on any atom is 0.338 e. The molecule has 0 radical (unpaired) electrons. The SMILES string of the molecule is CCN(CC)c1ccc2c(-c3ccccc3C(=O)OCCC[18F])c3ccc(=[N+](CC)CC)cc-3oc2c1.O=S(=O)([O-])c1ccccc1. The Morgan fingerprint density at radius 3 is 2.17 bits per heavy atom. The smallest absolute Gasteiger partial charge is 0.338 e. The lowest BCUT2D eigenvalue weighted by atomic mass is 9.90. The molecule has 0 saturated heterocycles. The summed E-state index contributed by atoms with van der Waals surface area (Å²) >= 11 is 0. The fourth-order valence-electron chi connectivity index (χ4n) is 5.49. The molecule has 1 heterocycles. The van der Waals surface area contributed by atoms with Crippen molar-refractivity contribution in [2.75, 3.05) is 44.4 Å². The molecule has 248 valence electrons. The maximum atomic E-state index is 13.0. The Morgan fingerprint density at radius 1 is 0.872 bits per heavy atom. The predicted octanol–water partition coefficient (Wildman–Crippen LogP) is 6.97. The van der Waals surface area contributed by atoms with E-state index in [2.05, 4.69) is 73.6 Å². The van der Waals surface area contributed by atoms with Crippen molar-refractivity contribution in [2.24, 2.45) is 0 Å². The molecule has 0 amide bonds. The van der Waals surface area contributed by atoms with Gasteiger partial charge in [-0.25, -0.2) is 17.8 Å². The van der Waals surface area contributed by atoms with Crippen molar-refractivity contribution >= 4 is 32.7 Å². The van der Waals surface area contributed by atoms with Crippen LogP contribution in [-0.4, -0.2) is 58.4 Å². The summed E-state index contributed by atoms with van der Waals surface area (Å²) in [6.45, 7) is 11.6. The van der Waals surface area contributed by atoms with Crippen molar-refractivity contribution in [3.05, 3.63) is 102 Å². The van der Waals surface area contributed by atoms with E-state index in [1.807, 2.05) is 18.2 Å². The Morgan fingerprint density at radius 2 is 1.55 bits per heavy atom. The molecule has 1 aliphatic heterocycles. The van der Waals surface area contributed by atoms with Crippen molar-refractivity contribution in [3.8, 4) is 22.5 Å². The molecule has 0 N–H and O–H groups in total. The van der Waals surface area contributed by atoms with Crippen LogP contribution in [0.15, 0.2) is 100 Å². The Bertz CT molecular complexity index is 1950. The minimum atomic E-state index is -4.25. The fourth-order valence-corrected chi connectivity index (χ4v) is 5.98. The Hall–Kier alpha value is -4.54. The highest BCUT2D eigenvalue weighted by atomic mass is 32.2. The summed E-state index contributed by atoms with van der Waals surface area (Å²) in [7, 11) is -4.25. The van der Waals surface area contributed by atoms with E-state index in [0.717, 1.165) is 70.6 Å². The Balaban J connectivity index is 0.000000427. The molecular formula is C37H41FN2O6S. The molecule has 0 bridgehead atoms. The highest BCUT2D eigenvalue weighted by Crippen LogP contribution is 2.42. The third kappa shape index (κ3) is 8.44. The molecule has 0 unspecified atom stereocenters. The molecule has 0 atom stereocenters. The number of halogens is 1. The average molecular weight is 660 g/mol. The maximum absolute atomic E-state index is 13.0. The van der Waals surface area contributed by atoms with Gasteiger partial charge in [-0.3, -0.25) is 4.39 Å². The van der Waals surface area contributed by atoms with Gasteiger partial charge in [-0.05, 0) is 69.7 Å². The number of hydrogen-bond donors (Lipinski definition) is 0. The average Bonchev–Trinajstić information content (AvgIpc) is 3.08. The highest BCUT2D eigenvalue weighted by molar-refractivity contribution is 7.85. The van der Waals surface area contributed by atoms with Crippen LogP contribution in [0, 0.1) is 0 Å². The second kappa shape index (κ2) is 16.3. The molecule has 0 saturated carbocycles. The standard InChI is InChI=1S/C31H36FN2O3.C6H6O3S/c1-5-33(6-2)22-14-16-26-28(20-22)37-29-21-23(34(7-3)8-4)15-17-27(29)30(26)24-12-9-10-13-25(24)31(35)36-19-11-18-32;7-10(8,9)6-4-2-1-3-5-6/h9-10,12-17,20-21H,5-8,11,18-19H2,1-4H3;1-5H,(H,7,8,9)/q+1;/p-1/i32-1;. The third-order valence-electron chi connectivity index (χ3n) is 7.91. The van der Waals surface area contributed by atoms with Crippen molar-refractivity contribution in [2.45, 2.75) is 39.0 Å². The zero-order valence-corrected chi connectivity index (χ0v) is 28.1. The predicted molar refractivity (Wildman–Crippen MR) is 183 cm³/mol. The van der Waals surface area contributed by atoms with E-state index < -0.39 is 22.8 Å². The fraction of sp³-hybridized carbons (Fsp3) is 0.297. The van der Waals surface area contributed by atoms with Gasteiger partial charge in [0.15, 0.2) is 0 Å². The molecule has 1 aliphatic carbocycles. The number of hydrogen-bond acceptors (Lipinski definition) is 7. The largest absolute Gasteiger partial charge is 0.744 e. The van der Waals surface area contributed by atoms with E-state index in [9.17, 15) is 22.2 Å². The number of benzene rings is 4. The van der Waals surface area contributed by atoms with Crippen molar-refractivity contribution in [3.63, 3.8) is 0 Å². The molecule has 5 rings (SSSR count).